The Kier molecular flexibility index (Phi) is 9.83. The van der Waals surface area contributed by atoms with Gasteiger partial charge in [-0.05, 0) is 40.0 Å². The van der Waals surface area contributed by atoms with Gasteiger partial charge in [0.1, 0.15) is 12.3 Å². The molecule has 0 rings (SSSR count). The molecule has 0 aliphatic rings. The summed E-state index contributed by atoms with van der Waals surface area (Å²) in [4.78, 5) is 34.9. The lowest BCUT2D eigenvalue weighted by Gasteiger charge is -2.11. The van der Waals surface area contributed by atoms with Crippen molar-refractivity contribution in [3.63, 3.8) is 0 Å². The number of esters is 2. The van der Waals surface area contributed by atoms with Crippen LogP contribution in [0.3, 0.4) is 0 Å². The number of carbonyl (C=O) groups is 3. The molecule has 22 heavy (non-hydrogen) atoms. The number of ketones is 1. The highest BCUT2D eigenvalue weighted by atomic mass is 16.5. The third-order valence-corrected chi connectivity index (χ3v) is 3.21. The van der Waals surface area contributed by atoms with Gasteiger partial charge in [-0.3, -0.25) is 14.4 Å². The van der Waals surface area contributed by atoms with Gasteiger partial charge in [0.15, 0.2) is 5.78 Å². The summed E-state index contributed by atoms with van der Waals surface area (Å²) in [5.74, 6) is -2.71. The van der Waals surface area contributed by atoms with Crippen molar-refractivity contribution in [3.8, 4) is 0 Å². The van der Waals surface area contributed by atoms with E-state index in [-0.39, 0.29) is 6.42 Å². The molecule has 0 aliphatic carbocycles. The molecule has 5 nitrogen and oxygen atoms in total. The van der Waals surface area contributed by atoms with Gasteiger partial charge in [-0.1, -0.05) is 23.3 Å². The van der Waals surface area contributed by atoms with E-state index >= 15 is 0 Å². The molecule has 0 spiro atoms. The first-order valence-electron chi connectivity index (χ1n) is 7.28. The highest BCUT2D eigenvalue weighted by Gasteiger charge is 2.28. The van der Waals surface area contributed by atoms with Crippen LogP contribution in [0.2, 0.25) is 0 Å². The lowest BCUT2D eigenvalue weighted by Crippen LogP contribution is -2.27. The Bertz CT molecular complexity index is 456. The van der Waals surface area contributed by atoms with Gasteiger partial charge in [0, 0.05) is 0 Å². The van der Waals surface area contributed by atoms with E-state index in [0.717, 1.165) is 18.4 Å². The minimum Gasteiger partial charge on any atom is -0.469 e. The molecule has 0 aromatic rings. The van der Waals surface area contributed by atoms with Crippen LogP contribution < -0.4 is 0 Å². The van der Waals surface area contributed by atoms with E-state index in [0.29, 0.717) is 0 Å². The summed E-state index contributed by atoms with van der Waals surface area (Å²) >= 11 is 0. The quantitative estimate of drug-likeness (QED) is 0.372. The molecule has 124 valence electrons. The Hall–Kier alpha value is -1.91. The van der Waals surface area contributed by atoms with E-state index in [1.165, 1.54) is 19.8 Å². The molecule has 0 aromatic heterocycles. The summed E-state index contributed by atoms with van der Waals surface area (Å²) in [6.45, 7) is 6.04. The Labute approximate surface area is 132 Å². The van der Waals surface area contributed by atoms with Crippen LogP contribution in [-0.2, 0) is 23.9 Å². The van der Waals surface area contributed by atoms with Crippen LogP contribution in [0.4, 0.5) is 0 Å². The molecule has 0 aliphatic heterocycles. The van der Waals surface area contributed by atoms with Gasteiger partial charge in [-0.15, -0.1) is 0 Å². The van der Waals surface area contributed by atoms with E-state index in [9.17, 15) is 14.4 Å². The number of hydrogen-bond acceptors (Lipinski definition) is 5. The van der Waals surface area contributed by atoms with Crippen LogP contribution in [0.25, 0.3) is 0 Å². The molecule has 0 saturated carbocycles. The van der Waals surface area contributed by atoms with Gasteiger partial charge in [0.2, 0.25) is 0 Å². The van der Waals surface area contributed by atoms with Crippen molar-refractivity contribution in [1.82, 2.24) is 0 Å². The van der Waals surface area contributed by atoms with Crippen molar-refractivity contribution in [1.29, 1.82) is 0 Å². The molecule has 0 saturated heterocycles. The Morgan fingerprint density at radius 2 is 1.64 bits per heavy atom. The summed E-state index contributed by atoms with van der Waals surface area (Å²) in [5.41, 5.74) is 2.35. The third-order valence-electron chi connectivity index (χ3n) is 3.21. The van der Waals surface area contributed by atoms with Gasteiger partial charge in [0.25, 0.3) is 0 Å². The van der Waals surface area contributed by atoms with Crippen molar-refractivity contribution in [2.75, 3.05) is 14.2 Å². The van der Waals surface area contributed by atoms with Crippen molar-refractivity contribution in [2.24, 2.45) is 5.92 Å². The number of hydrogen-bond donors (Lipinski definition) is 0. The lowest BCUT2D eigenvalue weighted by molar-refractivity contribution is -0.151. The van der Waals surface area contributed by atoms with Crippen molar-refractivity contribution in [3.05, 3.63) is 23.3 Å². The molecule has 0 bridgehead atoms. The maximum Gasteiger partial charge on any atom is 0.316 e. The normalized spacial score (nSPS) is 12.3. The predicted octanol–water partition coefficient (Wildman–Crippen LogP) is 2.99. The van der Waals surface area contributed by atoms with Crippen LogP contribution in [0.1, 0.15) is 46.5 Å². The number of allylic oxidation sites excluding steroid dienone is 4. The van der Waals surface area contributed by atoms with E-state index in [1.807, 2.05) is 26.8 Å². The Balaban J connectivity index is 4.72. The van der Waals surface area contributed by atoms with Crippen molar-refractivity contribution < 1.29 is 23.9 Å². The zero-order valence-corrected chi connectivity index (χ0v) is 14.1. The summed E-state index contributed by atoms with van der Waals surface area (Å²) in [7, 11) is 2.43. The summed E-state index contributed by atoms with van der Waals surface area (Å²) in [6.07, 6.45) is 5.60. The first kappa shape index (κ1) is 20.1. The maximum absolute atomic E-state index is 12.0. The molecular formula is C17H26O5. The predicted molar refractivity (Wildman–Crippen MR) is 84.2 cm³/mol. The van der Waals surface area contributed by atoms with Gasteiger partial charge < -0.3 is 9.47 Å². The molecule has 0 radical (unpaired) electrons. The van der Waals surface area contributed by atoms with Crippen LogP contribution >= 0.6 is 0 Å². The zero-order chi connectivity index (χ0) is 17.1. The third kappa shape index (κ3) is 8.39. The first-order chi connectivity index (χ1) is 10.3. The van der Waals surface area contributed by atoms with E-state index < -0.39 is 30.1 Å². The molecule has 0 heterocycles. The topological polar surface area (TPSA) is 69.7 Å². The first-order valence-corrected chi connectivity index (χ1v) is 7.28. The highest BCUT2D eigenvalue weighted by molar-refractivity contribution is 6.06. The van der Waals surface area contributed by atoms with Crippen molar-refractivity contribution in [2.45, 2.75) is 46.5 Å². The second-order valence-electron chi connectivity index (χ2n) is 5.40. The number of methoxy groups -OCH3 is 2. The average Bonchev–Trinajstić information content (AvgIpc) is 2.46. The number of carbonyl (C=O) groups excluding carboxylic acids is 3. The number of Topliss-reactive ketones (excluding diaryl/α,β-unsaturated/α-hetero) is 1. The van der Waals surface area contributed by atoms with Crippen molar-refractivity contribution >= 4 is 17.7 Å². The molecule has 1 atom stereocenters. The molecule has 0 aromatic carbocycles. The van der Waals surface area contributed by atoms with Crippen LogP contribution in [0.5, 0.6) is 0 Å². The standard InChI is InChI=1S/C17H26O5/c1-12(2)7-6-8-13(3)9-10-14(17(20)22-5)15(18)11-16(19)21-4/h7,9,14H,6,8,10-11H2,1-5H3. The Morgan fingerprint density at radius 1 is 1.00 bits per heavy atom. The number of rotatable bonds is 9. The molecule has 0 amide bonds. The molecule has 0 N–H and O–H groups in total. The minimum absolute atomic E-state index is 0.239. The minimum atomic E-state index is -0.956. The maximum atomic E-state index is 12.0. The SMILES string of the molecule is COC(=O)CC(=O)C(CC=C(C)CCC=C(C)C)C(=O)OC. The summed E-state index contributed by atoms with van der Waals surface area (Å²) in [5, 5.41) is 0. The average molecular weight is 310 g/mol. The highest BCUT2D eigenvalue weighted by Crippen LogP contribution is 2.15. The molecule has 5 heteroatoms. The second kappa shape index (κ2) is 10.8. The molecule has 1 unspecified atom stereocenters. The summed E-state index contributed by atoms with van der Waals surface area (Å²) < 4.78 is 9.09. The van der Waals surface area contributed by atoms with Crippen LogP contribution in [0.15, 0.2) is 23.3 Å². The fraction of sp³-hybridized carbons (Fsp3) is 0.588. The van der Waals surface area contributed by atoms with Gasteiger partial charge in [0.05, 0.1) is 14.2 Å². The second-order valence-corrected chi connectivity index (χ2v) is 5.40. The fourth-order valence-corrected chi connectivity index (χ4v) is 1.85. The Morgan fingerprint density at radius 3 is 2.14 bits per heavy atom. The van der Waals surface area contributed by atoms with Gasteiger partial charge in [-0.25, -0.2) is 0 Å². The fourth-order valence-electron chi connectivity index (χ4n) is 1.85. The monoisotopic (exact) mass is 310 g/mol. The smallest absolute Gasteiger partial charge is 0.316 e. The van der Waals surface area contributed by atoms with E-state index in [4.69, 9.17) is 0 Å². The zero-order valence-electron chi connectivity index (χ0n) is 14.1. The largest absolute Gasteiger partial charge is 0.469 e. The van der Waals surface area contributed by atoms with E-state index in [2.05, 4.69) is 15.5 Å². The van der Waals surface area contributed by atoms with Gasteiger partial charge in [-0.2, -0.15) is 0 Å². The molecule has 0 fully saturated rings. The molecular weight excluding hydrogens is 284 g/mol. The lowest BCUT2D eigenvalue weighted by atomic mass is 9.96. The van der Waals surface area contributed by atoms with Gasteiger partial charge >= 0.3 is 11.9 Å². The van der Waals surface area contributed by atoms with Crippen LogP contribution in [0, 0.1) is 5.92 Å². The number of ether oxygens (including phenoxy) is 2. The summed E-state index contributed by atoms with van der Waals surface area (Å²) in [6, 6.07) is 0. The van der Waals surface area contributed by atoms with E-state index in [1.54, 1.807) is 0 Å². The van der Waals surface area contributed by atoms with Crippen LogP contribution in [-0.4, -0.2) is 31.9 Å².